The van der Waals surface area contributed by atoms with Gasteiger partial charge in [0, 0.05) is 37.7 Å². The normalized spacial score (nSPS) is 21.6. The van der Waals surface area contributed by atoms with Crippen LogP contribution in [0.4, 0.5) is 19.0 Å². The lowest BCUT2D eigenvalue weighted by atomic mass is 10.1. The second-order valence-electron chi connectivity index (χ2n) is 7.91. The van der Waals surface area contributed by atoms with Gasteiger partial charge in [-0.25, -0.2) is 0 Å². The van der Waals surface area contributed by atoms with Crippen molar-refractivity contribution in [3.63, 3.8) is 0 Å². The predicted octanol–water partition coefficient (Wildman–Crippen LogP) is 2.49. The molecule has 1 unspecified atom stereocenters. The summed E-state index contributed by atoms with van der Waals surface area (Å²) in [5.41, 5.74) is 0.140. The van der Waals surface area contributed by atoms with Gasteiger partial charge in [-0.1, -0.05) is 0 Å². The van der Waals surface area contributed by atoms with Crippen LogP contribution in [0.2, 0.25) is 0 Å². The molecule has 2 aromatic rings. The van der Waals surface area contributed by atoms with E-state index < -0.39 is 16.9 Å². The highest BCUT2D eigenvalue weighted by molar-refractivity contribution is 5.79. The molecule has 32 heavy (non-hydrogen) atoms. The first kappa shape index (κ1) is 21.9. The van der Waals surface area contributed by atoms with Gasteiger partial charge in [-0.2, -0.15) is 5.10 Å². The molecule has 1 aromatic heterocycles. The monoisotopic (exact) mass is 454 g/mol. The third-order valence-electron chi connectivity index (χ3n) is 5.15. The highest BCUT2D eigenvalue weighted by Crippen LogP contribution is 2.31. The molecule has 0 radical (unpaired) electrons. The molecule has 2 aliphatic rings. The summed E-state index contributed by atoms with van der Waals surface area (Å²) >= 11 is 0. The molecule has 10 nitrogen and oxygen atoms in total. The molecule has 0 saturated carbocycles. The van der Waals surface area contributed by atoms with Gasteiger partial charge in [0.2, 0.25) is 0 Å². The Kier molecular flexibility index (Phi) is 5.67. The van der Waals surface area contributed by atoms with Crippen LogP contribution >= 0.6 is 0 Å². The molecule has 1 aromatic carbocycles. The van der Waals surface area contributed by atoms with Crippen molar-refractivity contribution in [2.24, 2.45) is 5.10 Å². The molecule has 13 heteroatoms. The number of hydrogen-bond acceptors (Lipinski definition) is 8. The molecule has 1 saturated heterocycles. The topological polar surface area (TPSA) is 98.3 Å². The number of piperazine rings is 1. The van der Waals surface area contributed by atoms with Gasteiger partial charge in [-0.05, 0) is 41.7 Å². The third-order valence-corrected chi connectivity index (χ3v) is 5.15. The number of nitro groups is 1. The van der Waals surface area contributed by atoms with Crippen molar-refractivity contribution in [3.05, 3.63) is 46.1 Å². The highest BCUT2D eigenvalue weighted by Gasteiger charge is 2.41. The maximum Gasteiger partial charge on any atom is 0.573 e. The Morgan fingerprint density at radius 2 is 1.97 bits per heavy atom. The SMILES string of the molecule is CC1(CN2CCN(/N=C\c3ccc(OC(F)(F)F)cc3)CC2)Cn2cc([N+](=O)[O-])nc2O1. The molecule has 0 spiro atoms. The van der Waals surface area contributed by atoms with E-state index in [0.29, 0.717) is 31.7 Å². The van der Waals surface area contributed by atoms with E-state index in [9.17, 15) is 23.3 Å². The smallest absolute Gasteiger partial charge is 0.436 e. The zero-order valence-electron chi connectivity index (χ0n) is 17.2. The first-order valence-electron chi connectivity index (χ1n) is 9.86. The van der Waals surface area contributed by atoms with Crippen LogP contribution in [0.3, 0.4) is 0 Å². The molecule has 0 amide bonds. The van der Waals surface area contributed by atoms with Crippen molar-refractivity contribution in [1.82, 2.24) is 19.5 Å². The Bertz CT molecular complexity index is 976. The summed E-state index contributed by atoms with van der Waals surface area (Å²) < 4.78 is 48.0. The van der Waals surface area contributed by atoms with Gasteiger partial charge in [0.15, 0.2) is 0 Å². The van der Waals surface area contributed by atoms with Crippen LogP contribution in [0, 0.1) is 10.1 Å². The van der Waals surface area contributed by atoms with Crippen molar-refractivity contribution < 1.29 is 27.6 Å². The van der Waals surface area contributed by atoms with Gasteiger partial charge in [0.25, 0.3) is 0 Å². The Labute approximate surface area is 181 Å². The third kappa shape index (κ3) is 5.28. The van der Waals surface area contributed by atoms with Crippen LogP contribution in [0.5, 0.6) is 11.8 Å². The summed E-state index contributed by atoms with van der Waals surface area (Å²) in [7, 11) is 0. The molecule has 0 aliphatic carbocycles. The lowest BCUT2D eigenvalue weighted by molar-refractivity contribution is -0.389. The largest absolute Gasteiger partial charge is 0.573 e. The standard InChI is InChI=1S/C19H21F3N6O4/c1-18(13-26-11-16(28(29)30)24-17(26)32-18)12-25-6-8-27(9-7-25)23-10-14-2-4-15(5-3-14)31-19(20,21)22/h2-5,10-11H,6-9,12-13H2,1H3/b23-10-. The molecule has 172 valence electrons. The van der Waals surface area contributed by atoms with Crippen LogP contribution in [0.15, 0.2) is 35.6 Å². The molecule has 1 atom stereocenters. The zero-order valence-corrected chi connectivity index (χ0v) is 17.2. The van der Waals surface area contributed by atoms with E-state index >= 15 is 0 Å². The van der Waals surface area contributed by atoms with Gasteiger partial charge < -0.3 is 19.6 Å². The number of hydrogen-bond donors (Lipinski definition) is 0. The molecule has 0 bridgehead atoms. The van der Waals surface area contributed by atoms with Crippen molar-refractivity contribution in [3.8, 4) is 11.8 Å². The van der Waals surface area contributed by atoms with Crippen LogP contribution < -0.4 is 9.47 Å². The number of nitrogens with zero attached hydrogens (tertiary/aromatic N) is 6. The van der Waals surface area contributed by atoms with Crippen molar-refractivity contribution in [2.45, 2.75) is 25.4 Å². The number of benzene rings is 1. The maximum atomic E-state index is 12.2. The first-order valence-corrected chi connectivity index (χ1v) is 9.86. The van der Waals surface area contributed by atoms with Gasteiger partial charge in [-0.3, -0.25) is 14.5 Å². The lowest BCUT2D eigenvalue weighted by Gasteiger charge is -2.36. The van der Waals surface area contributed by atoms with Crippen LogP contribution in [0.1, 0.15) is 12.5 Å². The Hall–Kier alpha value is -3.35. The molecule has 3 heterocycles. The second kappa shape index (κ2) is 8.30. The van der Waals surface area contributed by atoms with Gasteiger partial charge in [0.1, 0.15) is 17.5 Å². The summed E-state index contributed by atoms with van der Waals surface area (Å²) in [5.74, 6) is -0.501. The quantitative estimate of drug-likeness (QED) is 0.376. The molecule has 2 aliphatic heterocycles. The summed E-state index contributed by atoms with van der Waals surface area (Å²) in [6.45, 7) is 5.92. The number of halogens is 3. The minimum atomic E-state index is -4.71. The van der Waals surface area contributed by atoms with E-state index in [1.165, 1.54) is 30.5 Å². The molecule has 1 fully saturated rings. The van der Waals surface area contributed by atoms with Crippen molar-refractivity contribution in [1.29, 1.82) is 0 Å². The molecule has 0 N–H and O–H groups in total. The number of aromatic nitrogens is 2. The van der Waals surface area contributed by atoms with Crippen molar-refractivity contribution in [2.75, 3.05) is 32.7 Å². The van der Waals surface area contributed by atoms with Gasteiger partial charge in [0.05, 0.1) is 12.8 Å². The van der Waals surface area contributed by atoms with E-state index in [4.69, 9.17) is 4.74 Å². The number of alkyl halides is 3. The fraction of sp³-hybridized carbons (Fsp3) is 0.474. The Balaban J connectivity index is 1.24. The first-order chi connectivity index (χ1) is 15.1. The average molecular weight is 454 g/mol. The minimum absolute atomic E-state index is 0.226. The fourth-order valence-corrected chi connectivity index (χ4v) is 3.75. The molecular weight excluding hydrogens is 433 g/mol. The molecule has 4 rings (SSSR count). The fourth-order valence-electron chi connectivity index (χ4n) is 3.75. The number of rotatable bonds is 6. The predicted molar refractivity (Wildman–Crippen MR) is 107 cm³/mol. The van der Waals surface area contributed by atoms with E-state index in [2.05, 4.69) is 19.7 Å². The van der Waals surface area contributed by atoms with Crippen LogP contribution in [0.25, 0.3) is 0 Å². The lowest BCUT2D eigenvalue weighted by Crippen LogP contribution is -2.51. The van der Waals surface area contributed by atoms with Crippen molar-refractivity contribution >= 4 is 12.0 Å². The van der Waals surface area contributed by atoms with E-state index in [1.54, 1.807) is 10.8 Å². The number of ether oxygens (including phenoxy) is 2. The number of hydrazone groups is 1. The Morgan fingerprint density at radius 3 is 2.56 bits per heavy atom. The van der Waals surface area contributed by atoms with E-state index in [0.717, 1.165) is 13.1 Å². The van der Waals surface area contributed by atoms with E-state index in [1.807, 2.05) is 11.9 Å². The van der Waals surface area contributed by atoms with Gasteiger partial charge in [-0.15, -0.1) is 13.2 Å². The second-order valence-corrected chi connectivity index (χ2v) is 7.91. The minimum Gasteiger partial charge on any atom is -0.436 e. The van der Waals surface area contributed by atoms with Gasteiger partial charge >= 0.3 is 18.2 Å². The van der Waals surface area contributed by atoms with Crippen LogP contribution in [-0.2, 0) is 6.54 Å². The summed E-state index contributed by atoms with van der Waals surface area (Å²) in [6.07, 6.45) is -1.73. The van der Waals surface area contributed by atoms with E-state index in [-0.39, 0.29) is 17.6 Å². The zero-order chi connectivity index (χ0) is 22.9. The number of imidazole rings is 1. The number of fused-ring (bicyclic) bond motifs is 1. The molecular formula is C19H21F3N6O4. The summed E-state index contributed by atoms with van der Waals surface area (Å²) in [4.78, 5) is 16.4. The maximum absolute atomic E-state index is 12.2. The Morgan fingerprint density at radius 1 is 1.28 bits per heavy atom. The highest BCUT2D eigenvalue weighted by atomic mass is 19.4. The summed E-state index contributed by atoms with van der Waals surface area (Å²) in [6, 6.07) is 5.76. The summed E-state index contributed by atoms with van der Waals surface area (Å²) in [5, 5.41) is 17.1. The average Bonchev–Trinajstić information content (AvgIpc) is 3.22. The van der Waals surface area contributed by atoms with Crippen LogP contribution in [-0.4, -0.2) is 75.3 Å².